The molecule has 5 nitrogen and oxygen atoms in total. The average Bonchev–Trinajstić information content (AvgIpc) is 2.26. The van der Waals surface area contributed by atoms with Gasteiger partial charge in [-0.25, -0.2) is 0 Å². The van der Waals surface area contributed by atoms with E-state index in [1.807, 2.05) is 6.92 Å². The lowest BCUT2D eigenvalue weighted by molar-refractivity contribution is -0.388. The third kappa shape index (κ3) is 2.68. The van der Waals surface area contributed by atoms with Crippen molar-refractivity contribution in [1.82, 2.24) is 4.98 Å². The van der Waals surface area contributed by atoms with E-state index in [-0.39, 0.29) is 11.9 Å². The first kappa shape index (κ1) is 11.0. The fourth-order valence-corrected chi connectivity index (χ4v) is 1.10. The van der Waals surface area contributed by atoms with Crippen LogP contribution >= 0.6 is 0 Å². The predicted molar refractivity (Wildman–Crippen MR) is 57.4 cm³/mol. The molecule has 0 radical (unpaired) electrons. The second-order valence-corrected chi connectivity index (χ2v) is 2.90. The van der Waals surface area contributed by atoms with Crippen LogP contribution in [0.15, 0.2) is 18.3 Å². The monoisotopic (exact) mass is 205 g/mol. The first-order valence-electron chi connectivity index (χ1n) is 4.51. The molecule has 0 aliphatic rings. The average molecular weight is 205 g/mol. The van der Waals surface area contributed by atoms with Crippen LogP contribution in [-0.2, 0) is 0 Å². The molecular weight excluding hydrogens is 194 g/mol. The van der Waals surface area contributed by atoms with Gasteiger partial charge >= 0.3 is 5.82 Å². The van der Waals surface area contributed by atoms with Crippen molar-refractivity contribution in [2.75, 3.05) is 5.32 Å². The lowest BCUT2D eigenvalue weighted by Crippen LogP contribution is -2.16. The van der Waals surface area contributed by atoms with Crippen molar-refractivity contribution in [3.63, 3.8) is 0 Å². The number of hydrogen-bond donors (Lipinski definition) is 1. The molecule has 0 spiro atoms. The Balaban J connectivity index is 2.94. The fraction of sp³-hybridized carbons (Fsp3) is 0.300. The second kappa shape index (κ2) is 4.96. The van der Waals surface area contributed by atoms with Crippen LogP contribution < -0.4 is 5.32 Å². The van der Waals surface area contributed by atoms with E-state index in [9.17, 15) is 10.1 Å². The van der Waals surface area contributed by atoms with Crippen molar-refractivity contribution in [2.45, 2.75) is 19.4 Å². The van der Waals surface area contributed by atoms with Crippen molar-refractivity contribution in [3.8, 4) is 12.3 Å². The summed E-state index contributed by atoms with van der Waals surface area (Å²) in [5.41, 5.74) is 0.354. The van der Waals surface area contributed by atoms with Crippen LogP contribution in [0.2, 0.25) is 0 Å². The van der Waals surface area contributed by atoms with Crippen LogP contribution in [0.4, 0.5) is 11.5 Å². The molecule has 5 heteroatoms. The molecule has 0 aliphatic carbocycles. The number of anilines is 1. The molecule has 0 fully saturated rings. The van der Waals surface area contributed by atoms with E-state index in [0.29, 0.717) is 12.1 Å². The molecular formula is C10H11N3O2. The second-order valence-electron chi connectivity index (χ2n) is 2.90. The van der Waals surface area contributed by atoms with Gasteiger partial charge in [0.1, 0.15) is 11.9 Å². The number of pyridine rings is 1. The van der Waals surface area contributed by atoms with E-state index in [1.165, 1.54) is 6.20 Å². The van der Waals surface area contributed by atoms with Crippen molar-refractivity contribution in [2.24, 2.45) is 0 Å². The Kier molecular flexibility index (Phi) is 3.63. The van der Waals surface area contributed by atoms with Gasteiger partial charge in [-0.2, -0.15) is 0 Å². The van der Waals surface area contributed by atoms with Gasteiger partial charge in [-0.15, -0.1) is 6.42 Å². The van der Waals surface area contributed by atoms with Crippen LogP contribution in [0.25, 0.3) is 0 Å². The summed E-state index contributed by atoms with van der Waals surface area (Å²) in [5.74, 6) is 2.30. The lowest BCUT2D eigenvalue weighted by atomic mass is 10.2. The number of terminal acetylenes is 1. The summed E-state index contributed by atoms with van der Waals surface area (Å²) in [4.78, 5) is 13.8. The molecule has 1 aromatic heterocycles. The highest BCUT2D eigenvalue weighted by Crippen LogP contribution is 2.21. The molecule has 1 N–H and O–H groups in total. The minimum Gasteiger partial charge on any atom is -0.365 e. The Morgan fingerprint density at radius 2 is 2.53 bits per heavy atom. The zero-order valence-corrected chi connectivity index (χ0v) is 8.30. The van der Waals surface area contributed by atoms with Crippen LogP contribution in [0.3, 0.4) is 0 Å². The number of nitrogens with zero attached hydrogens (tertiary/aromatic N) is 2. The SMILES string of the molecule is C#CC(CC)Nc1cccnc1[N+](=O)[O-]. The lowest BCUT2D eigenvalue weighted by Gasteiger charge is -2.11. The topological polar surface area (TPSA) is 68.1 Å². The van der Waals surface area contributed by atoms with E-state index in [2.05, 4.69) is 16.2 Å². The number of aromatic nitrogens is 1. The molecule has 1 unspecified atom stereocenters. The highest BCUT2D eigenvalue weighted by Gasteiger charge is 2.15. The Bertz CT molecular complexity index is 398. The van der Waals surface area contributed by atoms with Gasteiger partial charge < -0.3 is 15.4 Å². The molecule has 78 valence electrons. The molecule has 15 heavy (non-hydrogen) atoms. The summed E-state index contributed by atoms with van der Waals surface area (Å²) in [7, 11) is 0. The molecule has 0 aromatic carbocycles. The number of nitro groups is 1. The maximum absolute atomic E-state index is 10.6. The highest BCUT2D eigenvalue weighted by atomic mass is 16.6. The Morgan fingerprint density at radius 3 is 3.07 bits per heavy atom. The van der Waals surface area contributed by atoms with Gasteiger partial charge in [-0.05, 0) is 28.5 Å². The van der Waals surface area contributed by atoms with Crippen molar-refractivity contribution in [1.29, 1.82) is 0 Å². The molecule has 0 aliphatic heterocycles. The molecule has 1 aromatic rings. The number of hydrogen-bond acceptors (Lipinski definition) is 4. The maximum atomic E-state index is 10.6. The minimum atomic E-state index is -0.536. The third-order valence-electron chi connectivity index (χ3n) is 1.90. The van der Waals surface area contributed by atoms with Gasteiger partial charge in [0.05, 0.1) is 6.04 Å². The highest BCUT2D eigenvalue weighted by molar-refractivity contribution is 5.57. The Morgan fingerprint density at radius 1 is 1.80 bits per heavy atom. The standard InChI is InChI=1S/C10H11N3O2/c1-3-8(4-2)12-9-6-5-7-11-10(9)13(14)15/h1,5-8,12H,4H2,2H3. The van der Waals surface area contributed by atoms with Crippen molar-refractivity contribution in [3.05, 3.63) is 28.4 Å². The van der Waals surface area contributed by atoms with Gasteiger partial charge in [-0.3, -0.25) is 0 Å². The summed E-state index contributed by atoms with van der Waals surface area (Å²) in [5, 5.41) is 13.5. The molecule has 0 amide bonds. The van der Waals surface area contributed by atoms with E-state index in [1.54, 1.807) is 12.1 Å². The summed E-state index contributed by atoms with van der Waals surface area (Å²) in [6.07, 6.45) is 7.33. The normalized spacial score (nSPS) is 11.5. The van der Waals surface area contributed by atoms with Crippen LogP contribution in [0, 0.1) is 22.5 Å². The molecule has 1 atom stereocenters. The van der Waals surface area contributed by atoms with E-state index in [0.717, 1.165) is 0 Å². The van der Waals surface area contributed by atoms with Crippen LogP contribution in [0.1, 0.15) is 13.3 Å². The quantitative estimate of drug-likeness (QED) is 0.462. The van der Waals surface area contributed by atoms with Gasteiger partial charge in [-0.1, -0.05) is 12.8 Å². The first-order valence-corrected chi connectivity index (χ1v) is 4.51. The van der Waals surface area contributed by atoms with E-state index in [4.69, 9.17) is 6.42 Å². The number of nitrogens with one attached hydrogen (secondary N) is 1. The van der Waals surface area contributed by atoms with Gasteiger partial charge in [0.2, 0.25) is 0 Å². The summed E-state index contributed by atoms with van der Waals surface area (Å²) >= 11 is 0. The Hall–Kier alpha value is -2.09. The van der Waals surface area contributed by atoms with Gasteiger partial charge in [0.25, 0.3) is 0 Å². The zero-order chi connectivity index (χ0) is 11.3. The molecule has 1 heterocycles. The third-order valence-corrected chi connectivity index (χ3v) is 1.90. The van der Waals surface area contributed by atoms with Gasteiger partial charge in [0, 0.05) is 0 Å². The Labute approximate surface area is 87.7 Å². The van der Waals surface area contributed by atoms with Crippen molar-refractivity contribution >= 4 is 11.5 Å². The van der Waals surface area contributed by atoms with Crippen LogP contribution in [-0.4, -0.2) is 15.9 Å². The fourth-order valence-electron chi connectivity index (χ4n) is 1.10. The molecule has 1 rings (SSSR count). The molecule has 0 saturated heterocycles. The number of rotatable bonds is 4. The van der Waals surface area contributed by atoms with Gasteiger partial charge in [0.15, 0.2) is 0 Å². The zero-order valence-electron chi connectivity index (χ0n) is 8.30. The van der Waals surface area contributed by atoms with E-state index >= 15 is 0 Å². The van der Waals surface area contributed by atoms with Crippen molar-refractivity contribution < 1.29 is 4.92 Å². The minimum absolute atomic E-state index is 0.203. The summed E-state index contributed by atoms with van der Waals surface area (Å²) in [6, 6.07) is 3.00. The van der Waals surface area contributed by atoms with E-state index < -0.39 is 4.92 Å². The smallest absolute Gasteiger partial charge is 0.365 e. The van der Waals surface area contributed by atoms with Crippen LogP contribution in [0.5, 0.6) is 0 Å². The summed E-state index contributed by atoms with van der Waals surface area (Å²) in [6.45, 7) is 1.90. The molecule has 0 bridgehead atoms. The first-order chi connectivity index (χ1) is 7.19. The predicted octanol–water partition coefficient (Wildman–Crippen LogP) is 1.81. The largest absolute Gasteiger partial charge is 0.386 e. The summed E-state index contributed by atoms with van der Waals surface area (Å²) < 4.78 is 0. The molecule has 0 saturated carbocycles. The maximum Gasteiger partial charge on any atom is 0.386 e.